The monoisotopic (exact) mass is 760 g/mol. The second-order valence-electron chi connectivity index (χ2n) is 18.2. The van der Waals surface area contributed by atoms with Gasteiger partial charge in [0.2, 0.25) is 0 Å². The molecule has 4 atom stereocenters. The molecule has 0 heterocycles. The normalized spacial score (nSPS) is 17.9. The second-order valence-corrected chi connectivity index (χ2v) is 18.2. The quantitative estimate of drug-likeness (QED) is 0.104. The average Bonchev–Trinajstić information content (AvgIpc) is 3.79. The van der Waals surface area contributed by atoms with Crippen molar-refractivity contribution in [3.05, 3.63) is 120 Å². The van der Waals surface area contributed by atoms with E-state index in [0.29, 0.717) is 32.1 Å². The van der Waals surface area contributed by atoms with Crippen LogP contribution in [-0.2, 0) is 31.8 Å². The van der Waals surface area contributed by atoms with Crippen LogP contribution in [0.15, 0.2) is 109 Å². The molecule has 1 aliphatic carbocycles. The van der Waals surface area contributed by atoms with Gasteiger partial charge in [0.15, 0.2) is 0 Å². The third-order valence-electron chi connectivity index (χ3n) is 9.75. The lowest BCUT2D eigenvalue weighted by molar-refractivity contribution is -0.163. The molecule has 56 heavy (non-hydrogen) atoms. The van der Waals surface area contributed by atoms with E-state index in [4.69, 9.17) is 14.2 Å². The summed E-state index contributed by atoms with van der Waals surface area (Å²) < 4.78 is 17.5. The maximum absolute atomic E-state index is 14.3. The van der Waals surface area contributed by atoms with E-state index in [2.05, 4.69) is 83.4 Å². The summed E-state index contributed by atoms with van der Waals surface area (Å²) in [5.74, 6) is -0.419. The van der Waals surface area contributed by atoms with Crippen LogP contribution in [0.25, 0.3) is 22.3 Å². The molecule has 4 aromatic carbocycles. The van der Waals surface area contributed by atoms with Crippen molar-refractivity contribution in [2.75, 3.05) is 0 Å². The molecular weight excluding hydrogens is 701 g/mol. The van der Waals surface area contributed by atoms with Crippen LogP contribution in [0.4, 0.5) is 9.59 Å². The smallest absolute Gasteiger partial charge is 0.407 e. The molecular formula is C48H60N2O6. The summed E-state index contributed by atoms with van der Waals surface area (Å²) in [7, 11) is 0. The Balaban J connectivity index is 1.41. The Hall–Kier alpha value is -5.11. The minimum Gasteiger partial charge on any atom is -0.460 e. The van der Waals surface area contributed by atoms with Gasteiger partial charge in [-0.15, -0.1) is 0 Å². The standard InChI is InChI=1S/C48H60N2O6/c1-45(2,3)54-42(51)48(32-41(50-44(53)56-47(7,8)9)29-34-22-26-38(27-23-34)36-18-14-11-15-19-36)31-39(48)30-40(49-43(52)55-46(4,5)6)28-33-20-24-37(25-21-33)35-16-12-10-13-17-35/h10-27,39-41H,28-32H2,1-9H3,(H,49,52)(H,50,53)/t39?,40-,41-,48?/m0/s1. The summed E-state index contributed by atoms with van der Waals surface area (Å²) in [4.78, 5) is 40.8. The molecule has 8 nitrogen and oxygen atoms in total. The summed E-state index contributed by atoms with van der Waals surface area (Å²) in [6.07, 6.45) is 1.40. The zero-order chi connectivity index (χ0) is 40.7. The molecule has 2 N–H and O–H groups in total. The first-order chi connectivity index (χ1) is 26.3. The fourth-order valence-corrected chi connectivity index (χ4v) is 7.25. The summed E-state index contributed by atoms with van der Waals surface area (Å²) in [5, 5.41) is 6.25. The van der Waals surface area contributed by atoms with Crippen molar-refractivity contribution in [2.24, 2.45) is 11.3 Å². The highest BCUT2D eigenvalue weighted by Crippen LogP contribution is 2.59. The van der Waals surface area contributed by atoms with E-state index in [0.717, 1.165) is 33.4 Å². The van der Waals surface area contributed by atoms with Gasteiger partial charge >= 0.3 is 18.2 Å². The first-order valence-corrected chi connectivity index (χ1v) is 19.8. The number of benzene rings is 4. The highest BCUT2D eigenvalue weighted by molar-refractivity contribution is 5.81. The molecule has 1 fully saturated rings. The zero-order valence-electron chi connectivity index (χ0n) is 34.6. The fourth-order valence-electron chi connectivity index (χ4n) is 7.25. The van der Waals surface area contributed by atoms with E-state index in [1.54, 1.807) is 0 Å². The Morgan fingerprint density at radius 1 is 0.554 bits per heavy atom. The summed E-state index contributed by atoms with van der Waals surface area (Å²) in [6, 6.07) is 36.3. The Bertz CT molecular complexity index is 1910. The van der Waals surface area contributed by atoms with Crippen molar-refractivity contribution in [1.29, 1.82) is 0 Å². The van der Waals surface area contributed by atoms with E-state index in [-0.39, 0.29) is 17.9 Å². The van der Waals surface area contributed by atoms with Crippen molar-refractivity contribution in [3.63, 3.8) is 0 Å². The largest absolute Gasteiger partial charge is 0.460 e. The number of alkyl carbamates (subject to hydrolysis) is 2. The third-order valence-corrected chi connectivity index (χ3v) is 9.75. The number of esters is 1. The van der Waals surface area contributed by atoms with Crippen LogP contribution in [0, 0.1) is 11.3 Å². The van der Waals surface area contributed by atoms with Crippen LogP contribution in [0.3, 0.4) is 0 Å². The second kappa shape index (κ2) is 17.4. The molecule has 8 heteroatoms. The third kappa shape index (κ3) is 12.7. The number of hydrogen-bond acceptors (Lipinski definition) is 6. The SMILES string of the molecule is CC(C)(C)OC(=O)N[C@@H](Cc1ccc(-c2ccccc2)cc1)CC1CC1(C[C@H](Cc1ccc(-c2ccccc2)cc1)NC(=O)OC(C)(C)C)C(=O)OC(C)(C)C. The Kier molecular flexibility index (Phi) is 13.0. The molecule has 0 aromatic heterocycles. The van der Waals surface area contributed by atoms with Crippen LogP contribution in [0.2, 0.25) is 0 Å². The maximum Gasteiger partial charge on any atom is 0.407 e. The Labute approximate surface area is 333 Å². The summed E-state index contributed by atoms with van der Waals surface area (Å²) in [6.45, 7) is 16.6. The van der Waals surface area contributed by atoms with E-state index in [1.807, 2.05) is 98.7 Å². The van der Waals surface area contributed by atoms with Gasteiger partial charge in [-0.1, -0.05) is 109 Å². The predicted octanol–water partition coefficient (Wildman–Crippen LogP) is 10.7. The number of ether oxygens (including phenoxy) is 3. The Morgan fingerprint density at radius 2 is 0.929 bits per heavy atom. The number of hydrogen-bond donors (Lipinski definition) is 2. The van der Waals surface area contributed by atoms with Crippen LogP contribution < -0.4 is 10.6 Å². The van der Waals surface area contributed by atoms with Gasteiger partial charge in [-0.3, -0.25) is 4.79 Å². The number of rotatable bonds is 13. The highest BCUT2D eigenvalue weighted by Gasteiger charge is 2.62. The first kappa shape index (κ1) is 42.0. The van der Waals surface area contributed by atoms with Crippen LogP contribution in [-0.4, -0.2) is 47.0 Å². The summed E-state index contributed by atoms with van der Waals surface area (Å²) in [5.41, 5.74) is 3.55. The minimum absolute atomic E-state index is 0.121. The zero-order valence-corrected chi connectivity index (χ0v) is 34.6. The lowest BCUT2D eigenvalue weighted by Gasteiger charge is -2.30. The molecule has 2 amide bonds. The fraction of sp³-hybridized carbons (Fsp3) is 0.438. The number of carbonyl (C=O) groups excluding carboxylic acids is 3. The minimum atomic E-state index is -0.887. The molecule has 298 valence electrons. The lowest BCUT2D eigenvalue weighted by atomic mass is 9.88. The van der Waals surface area contributed by atoms with Gasteiger partial charge < -0.3 is 24.8 Å². The molecule has 0 saturated heterocycles. The number of carbonyl (C=O) groups is 3. The van der Waals surface area contributed by atoms with Gasteiger partial charge in [-0.2, -0.15) is 0 Å². The van der Waals surface area contributed by atoms with Gasteiger partial charge in [0.05, 0.1) is 5.41 Å². The first-order valence-electron chi connectivity index (χ1n) is 19.8. The van der Waals surface area contributed by atoms with Gasteiger partial charge in [-0.25, -0.2) is 9.59 Å². The van der Waals surface area contributed by atoms with Crippen molar-refractivity contribution in [3.8, 4) is 22.3 Å². The Morgan fingerprint density at radius 3 is 1.34 bits per heavy atom. The van der Waals surface area contributed by atoms with Crippen LogP contribution in [0.1, 0.15) is 92.7 Å². The molecule has 0 spiro atoms. The van der Waals surface area contributed by atoms with E-state index in [1.165, 1.54) is 0 Å². The van der Waals surface area contributed by atoms with Crippen LogP contribution >= 0.6 is 0 Å². The van der Waals surface area contributed by atoms with Crippen molar-refractivity contribution in [1.82, 2.24) is 10.6 Å². The molecule has 5 rings (SSSR count). The molecule has 1 aliphatic rings. The van der Waals surface area contributed by atoms with Gasteiger partial charge in [0.25, 0.3) is 0 Å². The maximum atomic E-state index is 14.3. The van der Waals surface area contributed by atoms with Crippen molar-refractivity contribution >= 4 is 18.2 Å². The number of nitrogens with one attached hydrogen (secondary N) is 2. The topological polar surface area (TPSA) is 103 Å². The van der Waals surface area contributed by atoms with Gasteiger partial charge in [0, 0.05) is 12.1 Å². The molecule has 2 unspecified atom stereocenters. The molecule has 0 radical (unpaired) electrons. The summed E-state index contributed by atoms with van der Waals surface area (Å²) >= 11 is 0. The van der Waals surface area contributed by atoms with Crippen molar-refractivity contribution in [2.45, 2.75) is 123 Å². The highest BCUT2D eigenvalue weighted by atomic mass is 16.6. The molecule has 1 saturated carbocycles. The van der Waals surface area contributed by atoms with Gasteiger partial charge in [-0.05, 0) is 134 Å². The average molecular weight is 761 g/mol. The van der Waals surface area contributed by atoms with Crippen molar-refractivity contribution < 1.29 is 28.6 Å². The lowest BCUT2D eigenvalue weighted by Crippen LogP contribution is -2.44. The van der Waals surface area contributed by atoms with E-state index < -0.39 is 40.4 Å². The molecule has 0 bridgehead atoms. The van der Waals surface area contributed by atoms with Gasteiger partial charge in [0.1, 0.15) is 16.8 Å². The number of amides is 2. The molecule has 4 aromatic rings. The van der Waals surface area contributed by atoms with E-state index in [9.17, 15) is 14.4 Å². The van der Waals surface area contributed by atoms with Crippen LogP contribution in [0.5, 0.6) is 0 Å². The predicted molar refractivity (Wildman–Crippen MR) is 223 cm³/mol. The van der Waals surface area contributed by atoms with E-state index >= 15 is 0 Å². The molecule has 0 aliphatic heterocycles.